The molecule has 0 unspecified atom stereocenters. The summed E-state index contributed by atoms with van der Waals surface area (Å²) in [6.07, 6.45) is 4.29. The highest BCUT2D eigenvalue weighted by atomic mass is 15.0. The van der Waals surface area contributed by atoms with Crippen LogP contribution in [0.2, 0.25) is 0 Å². The van der Waals surface area contributed by atoms with Crippen molar-refractivity contribution >= 4 is 0 Å². The van der Waals surface area contributed by atoms with Gasteiger partial charge >= 0.3 is 0 Å². The summed E-state index contributed by atoms with van der Waals surface area (Å²) in [5.41, 5.74) is 1.34. The van der Waals surface area contributed by atoms with Crippen molar-refractivity contribution in [2.24, 2.45) is 16.7 Å². The molecule has 0 saturated heterocycles. The molecule has 0 amide bonds. The minimum Gasteiger partial charge on any atom is -0.313 e. The first-order valence-corrected chi connectivity index (χ1v) is 5.56. The van der Waals surface area contributed by atoms with Crippen LogP contribution < -0.4 is 5.32 Å². The summed E-state index contributed by atoms with van der Waals surface area (Å²) >= 11 is 0. The standard InChI is InChI=1S/C12H23N/c1-10(2)9-6-7-11(3,8-9)12(10,4)13-5/h9,13H,6-8H2,1-5H3/t9-,11-,12+/m0/s1. The van der Waals surface area contributed by atoms with E-state index in [0.29, 0.717) is 16.4 Å². The van der Waals surface area contributed by atoms with Crippen molar-refractivity contribution in [2.75, 3.05) is 7.05 Å². The van der Waals surface area contributed by atoms with Crippen molar-refractivity contribution in [1.82, 2.24) is 5.32 Å². The molecule has 0 aromatic heterocycles. The molecule has 0 aromatic carbocycles. The Hall–Kier alpha value is -0.0400. The fourth-order valence-corrected chi connectivity index (χ4v) is 4.12. The van der Waals surface area contributed by atoms with Gasteiger partial charge in [-0.15, -0.1) is 0 Å². The van der Waals surface area contributed by atoms with E-state index in [-0.39, 0.29) is 0 Å². The number of hydrogen-bond donors (Lipinski definition) is 1. The van der Waals surface area contributed by atoms with Crippen LogP contribution >= 0.6 is 0 Å². The van der Waals surface area contributed by atoms with Gasteiger partial charge in [0.25, 0.3) is 0 Å². The minimum atomic E-state index is 0.336. The lowest BCUT2D eigenvalue weighted by Crippen LogP contribution is -2.60. The van der Waals surface area contributed by atoms with Gasteiger partial charge in [-0.2, -0.15) is 0 Å². The maximum atomic E-state index is 3.60. The third-order valence-electron chi connectivity index (χ3n) is 5.76. The summed E-state index contributed by atoms with van der Waals surface area (Å²) < 4.78 is 0. The Bertz CT molecular complexity index is 227. The molecule has 0 spiro atoms. The summed E-state index contributed by atoms with van der Waals surface area (Å²) in [5, 5.41) is 3.60. The van der Waals surface area contributed by atoms with Crippen molar-refractivity contribution in [1.29, 1.82) is 0 Å². The van der Waals surface area contributed by atoms with Gasteiger partial charge in [-0.25, -0.2) is 0 Å². The summed E-state index contributed by atoms with van der Waals surface area (Å²) in [4.78, 5) is 0. The van der Waals surface area contributed by atoms with Crippen molar-refractivity contribution < 1.29 is 0 Å². The second-order valence-corrected chi connectivity index (χ2v) is 6.10. The molecule has 1 heteroatoms. The van der Waals surface area contributed by atoms with Crippen LogP contribution in [-0.2, 0) is 0 Å². The maximum Gasteiger partial charge on any atom is 0.0257 e. The Kier molecular flexibility index (Phi) is 1.69. The summed E-state index contributed by atoms with van der Waals surface area (Å²) in [6.45, 7) is 9.78. The topological polar surface area (TPSA) is 12.0 Å². The zero-order valence-electron chi connectivity index (χ0n) is 9.70. The molecule has 2 saturated carbocycles. The third-order valence-corrected chi connectivity index (χ3v) is 5.76. The molecule has 2 aliphatic carbocycles. The third kappa shape index (κ3) is 0.823. The largest absolute Gasteiger partial charge is 0.313 e. The quantitative estimate of drug-likeness (QED) is 0.656. The lowest BCUT2D eigenvalue weighted by molar-refractivity contribution is 0.0264. The molecule has 2 aliphatic rings. The lowest BCUT2D eigenvalue weighted by Gasteiger charge is -2.52. The Balaban J connectivity index is 2.45. The number of fused-ring (bicyclic) bond motifs is 2. The highest BCUT2D eigenvalue weighted by molar-refractivity contribution is 5.19. The molecular weight excluding hydrogens is 158 g/mol. The van der Waals surface area contributed by atoms with Crippen molar-refractivity contribution in [3.63, 3.8) is 0 Å². The predicted octanol–water partition coefficient (Wildman–Crippen LogP) is 2.81. The zero-order chi connectivity index (χ0) is 9.91. The van der Waals surface area contributed by atoms with E-state index < -0.39 is 0 Å². The van der Waals surface area contributed by atoms with Gasteiger partial charge in [-0.3, -0.25) is 0 Å². The van der Waals surface area contributed by atoms with Gasteiger partial charge in [0.15, 0.2) is 0 Å². The van der Waals surface area contributed by atoms with Crippen LogP contribution in [0.15, 0.2) is 0 Å². The Labute approximate surface area is 82.3 Å². The van der Waals surface area contributed by atoms with Gasteiger partial charge in [-0.1, -0.05) is 20.8 Å². The van der Waals surface area contributed by atoms with Crippen LogP contribution in [0.3, 0.4) is 0 Å². The van der Waals surface area contributed by atoms with Gasteiger partial charge in [0.05, 0.1) is 0 Å². The lowest BCUT2D eigenvalue weighted by atomic mass is 9.59. The second-order valence-electron chi connectivity index (χ2n) is 6.10. The SMILES string of the molecule is CN[C@]1(C)C(C)(C)[C@H]2CC[C@@]1(C)C2. The summed E-state index contributed by atoms with van der Waals surface area (Å²) in [5.74, 6) is 0.940. The second kappa shape index (κ2) is 2.31. The fraction of sp³-hybridized carbons (Fsp3) is 1.00. The first kappa shape index (κ1) is 9.51. The maximum absolute atomic E-state index is 3.60. The van der Waals surface area contributed by atoms with Crippen LogP contribution in [0.5, 0.6) is 0 Å². The first-order chi connectivity index (χ1) is 5.87. The van der Waals surface area contributed by atoms with E-state index in [1.807, 2.05) is 0 Å². The van der Waals surface area contributed by atoms with E-state index in [2.05, 4.69) is 40.1 Å². The van der Waals surface area contributed by atoms with Crippen LogP contribution in [0.4, 0.5) is 0 Å². The van der Waals surface area contributed by atoms with E-state index >= 15 is 0 Å². The molecule has 1 nitrogen and oxygen atoms in total. The molecule has 2 fully saturated rings. The average molecular weight is 181 g/mol. The smallest absolute Gasteiger partial charge is 0.0257 e. The minimum absolute atomic E-state index is 0.336. The number of rotatable bonds is 1. The highest BCUT2D eigenvalue weighted by Gasteiger charge is 2.65. The monoisotopic (exact) mass is 181 g/mol. The Morgan fingerprint density at radius 3 is 2.08 bits per heavy atom. The van der Waals surface area contributed by atoms with Crippen molar-refractivity contribution in [2.45, 2.75) is 52.5 Å². The molecular formula is C12H23N. The molecule has 1 N–H and O–H groups in total. The van der Waals surface area contributed by atoms with Crippen LogP contribution in [0.1, 0.15) is 47.0 Å². The fourth-order valence-electron chi connectivity index (χ4n) is 4.12. The van der Waals surface area contributed by atoms with E-state index in [9.17, 15) is 0 Å². The van der Waals surface area contributed by atoms with E-state index in [4.69, 9.17) is 0 Å². The van der Waals surface area contributed by atoms with Gasteiger partial charge in [-0.05, 0) is 50.0 Å². The van der Waals surface area contributed by atoms with Crippen LogP contribution in [0, 0.1) is 16.7 Å². The molecule has 3 atom stereocenters. The molecule has 13 heavy (non-hydrogen) atoms. The van der Waals surface area contributed by atoms with Crippen LogP contribution in [0.25, 0.3) is 0 Å². The summed E-state index contributed by atoms with van der Waals surface area (Å²) in [7, 11) is 2.13. The van der Waals surface area contributed by atoms with Gasteiger partial charge in [0, 0.05) is 5.54 Å². The highest BCUT2D eigenvalue weighted by Crippen LogP contribution is 2.67. The molecule has 0 aromatic rings. The van der Waals surface area contributed by atoms with Crippen molar-refractivity contribution in [3.8, 4) is 0 Å². The normalized spacial score (nSPS) is 52.8. The molecule has 2 bridgehead atoms. The zero-order valence-corrected chi connectivity index (χ0v) is 9.70. The van der Waals surface area contributed by atoms with Gasteiger partial charge in [0.2, 0.25) is 0 Å². The predicted molar refractivity (Wildman–Crippen MR) is 56.7 cm³/mol. The van der Waals surface area contributed by atoms with Gasteiger partial charge in [0.1, 0.15) is 0 Å². The molecule has 76 valence electrons. The molecule has 0 radical (unpaired) electrons. The number of nitrogens with one attached hydrogen (secondary N) is 1. The van der Waals surface area contributed by atoms with Crippen molar-refractivity contribution in [3.05, 3.63) is 0 Å². The number of hydrogen-bond acceptors (Lipinski definition) is 1. The Morgan fingerprint density at radius 2 is 1.77 bits per heavy atom. The van der Waals surface area contributed by atoms with E-state index in [0.717, 1.165) is 5.92 Å². The molecule has 0 aliphatic heterocycles. The van der Waals surface area contributed by atoms with E-state index in [1.165, 1.54) is 19.3 Å². The van der Waals surface area contributed by atoms with E-state index in [1.54, 1.807) is 0 Å². The Morgan fingerprint density at radius 1 is 1.15 bits per heavy atom. The van der Waals surface area contributed by atoms with Crippen LogP contribution in [-0.4, -0.2) is 12.6 Å². The summed E-state index contributed by atoms with van der Waals surface area (Å²) in [6, 6.07) is 0. The molecule has 2 rings (SSSR count). The first-order valence-electron chi connectivity index (χ1n) is 5.56. The average Bonchev–Trinajstić information content (AvgIpc) is 2.51. The molecule has 0 heterocycles. The van der Waals surface area contributed by atoms with Gasteiger partial charge < -0.3 is 5.32 Å².